The molecule has 0 aromatic heterocycles. The first-order chi connectivity index (χ1) is 19.7. The van der Waals surface area contributed by atoms with Crippen LogP contribution in [-0.2, 0) is 23.9 Å². The van der Waals surface area contributed by atoms with E-state index in [0.717, 1.165) is 18.5 Å². The van der Waals surface area contributed by atoms with Gasteiger partial charge in [0.05, 0.1) is 17.7 Å². The van der Waals surface area contributed by atoms with Gasteiger partial charge in [0.2, 0.25) is 11.8 Å². The van der Waals surface area contributed by atoms with Gasteiger partial charge in [-0.3, -0.25) is 14.4 Å². The molecule has 11 nitrogen and oxygen atoms in total. The quantitative estimate of drug-likeness (QED) is 0.434. The molecule has 11 heteroatoms. The summed E-state index contributed by atoms with van der Waals surface area (Å²) in [5, 5.41) is 16.1. The molecule has 41 heavy (non-hydrogen) atoms. The molecule has 2 N–H and O–H groups in total. The monoisotopic (exact) mass is 567 g/mol. The molecular formula is C30H41N5O6. The minimum atomic E-state index is -1.08. The van der Waals surface area contributed by atoms with Crippen molar-refractivity contribution < 1.29 is 28.6 Å². The Hall–Kier alpha value is -3.20. The molecule has 3 amide bonds. The van der Waals surface area contributed by atoms with Gasteiger partial charge in [-0.2, -0.15) is 5.26 Å². The third kappa shape index (κ3) is 6.05. The van der Waals surface area contributed by atoms with Gasteiger partial charge in [-0.25, -0.2) is 0 Å². The number of methoxy groups -OCH3 is 1. The van der Waals surface area contributed by atoms with Crippen molar-refractivity contribution in [2.45, 2.75) is 70.1 Å². The third-order valence-electron chi connectivity index (χ3n) is 8.55. The Balaban J connectivity index is 1.33. The van der Waals surface area contributed by atoms with Crippen LogP contribution in [0.3, 0.4) is 0 Å². The fourth-order valence-corrected chi connectivity index (χ4v) is 6.02. The molecule has 3 aliphatic heterocycles. The summed E-state index contributed by atoms with van der Waals surface area (Å²) in [6.07, 6.45) is 3.73. The molecule has 3 heterocycles. The van der Waals surface area contributed by atoms with Gasteiger partial charge in [-0.05, 0) is 70.6 Å². The van der Waals surface area contributed by atoms with Crippen molar-refractivity contribution in [2.75, 3.05) is 56.4 Å². The van der Waals surface area contributed by atoms with Gasteiger partial charge in [0.25, 0.3) is 5.91 Å². The van der Waals surface area contributed by atoms with Crippen molar-refractivity contribution in [3.8, 4) is 11.8 Å². The largest absolute Gasteiger partial charge is 0.476 e. The number of anilines is 2. The minimum absolute atomic E-state index is 0.00530. The molecular weight excluding hydrogens is 526 g/mol. The van der Waals surface area contributed by atoms with E-state index in [1.54, 1.807) is 25.9 Å². The Bertz CT molecular complexity index is 1200. The molecule has 4 aliphatic rings. The van der Waals surface area contributed by atoms with Crippen molar-refractivity contribution in [2.24, 2.45) is 11.3 Å². The summed E-state index contributed by atoms with van der Waals surface area (Å²) < 4.78 is 16.6. The Kier molecular flexibility index (Phi) is 8.55. The molecule has 0 bridgehead atoms. The van der Waals surface area contributed by atoms with Crippen molar-refractivity contribution in [1.82, 2.24) is 10.6 Å². The topological polar surface area (TPSA) is 133 Å². The fourth-order valence-electron chi connectivity index (χ4n) is 6.02. The van der Waals surface area contributed by atoms with E-state index >= 15 is 0 Å². The maximum Gasteiger partial charge on any atom is 0.270 e. The molecule has 1 aromatic carbocycles. The Labute approximate surface area is 241 Å². The van der Waals surface area contributed by atoms with E-state index in [1.165, 1.54) is 0 Å². The van der Waals surface area contributed by atoms with Crippen LogP contribution in [0.15, 0.2) is 18.2 Å². The molecule has 3 fully saturated rings. The van der Waals surface area contributed by atoms with Gasteiger partial charge in [-0.1, -0.05) is 0 Å². The molecule has 1 saturated carbocycles. The summed E-state index contributed by atoms with van der Waals surface area (Å²) in [5.74, 6) is -0.140. The number of hydrogen-bond acceptors (Lipinski definition) is 8. The number of fused-ring (bicyclic) bond motifs is 1. The third-order valence-corrected chi connectivity index (χ3v) is 8.55. The molecule has 2 atom stereocenters. The molecule has 1 aromatic rings. The summed E-state index contributed by atoms with van der Waals surface area (Å²) in [6, 6.07) is 7.70. The van der Waals surface area contributed by atoms with Gasteiger partial charge < -0.3 is 34.6 Å². The lowest BCUT2D eigenvalue weighted by Gasteiger charge is -2.40. The summed E-state index contributed by atoms with van der Waals surface area (Å²) in [6.45, 7) is 6.37. The lowest BCUT2D eigenvalue weighted by atomic mass is 9.80. The number of nitrogens with one attached hydrogen (secondary N) is 2. The highest BCUT2D eigenvalue weighted by Crippen LogP contribution is 2.43. The van der Waals surface area contributed by atoms with Crippen LogP contribution in [0.1, 0.15) is 52.4 Å². The lowest BCUT2D eigenvalue weighted by Crippen LogP contribution is -2.56. The van der Waals surface area contributed by atoms with E-state index in [-0.39, 0.29) is 35.7 Å². The van der Waals surface area contributed by atoms with Gasteiger partial charge in [0.15, 0.2) is 5.60 Å². The number of benzene rings is 1. The zero-order valence-corrected chi connectivity index (χ0v) is 24.2. The van der Waals surface area contributed by atoms with E-state index in [4.69, 9.17) is 14.2 Å². The average molecular weight is 568 g/mol. The van der Waals surface area contributed by atoms with Crippen LogP contribution in [0.5, 0.6) is 5.75 Å². The van der Waals surface area contributed by atoms with Crippen molar-refractivity contribution in [1.29, 1.82) is 5.26 Å². The van der Waals surface area contributed by atoms with E-state index in [1.807, 2.05) is 23.1 Å². The normalized spacial score (nSPS) is 24.9. The number of piperidine rings is 1. The zero-order valence-electron chi connectivity index (χ0n) is 24.2. The zero-order chi connectivity index (χ0) is 29.2. The molecule has 222 valence electrons. The first-order valence-corrected chi connectivity index (χ1v) is 14.7. The van der Waals surface area contributed by atoms with E-state index in [9.17, 15) is 19.6 Å². The molecule has 0 spiro atoms. The summed E-state index contributed by atoms with van der Waals surface area (Å²) >= 11 is 0. The maximum absolute atomic E-state index is 14.0. The second kappa shape index (κ2) is 12.0. The molecule has 5 rings (SSSR count). The lowest BCUT2D eigenvalue weighted by molar-refractivity contribution is -0.134. The number of nitrogens with zero attached hydrogens (tertiary/aromatic N) is 3. The van der Waals surface area contributed by atoms with E-state index in [0.29, 0.717) is 76.6 Å². The van der Waals surface area contributed by atoms with Crippen molar-refractivity contribution >= 4 is 29.1 Å². The molecule has 0 radical (unpaired) electrons. The van der Waals surface area contributed by atoms with Crippen LogP contribution in [-0.4, -0.2) is 82.0 Å². The number of amides is 3. The summed E-state index contributed by atoms with van der Waals surface area (Å²) in [5.41, 5.74) is -0.676. The standard InChI is InChI=1S/C30H41N5O6/c1-29(2)28(38)34(11-4-12-39-3)24-16-23(7-8-25(24)41-29)35(22-5-6-22)26(36)20-15-21(18-32-17-20)33-27(37)30(19-31)9-13-40-14-10-30/h7-8,16,20-22,32H,4-6,9-15,17-18H2,1-3H3,(H,33,37)/t20-,21?/m1/s1. The minimum Gasteiger partial charge on any atom is -0.476 e. The Morgan fingerprint density at radius 3 is 2.68 bits per heavy atom. The first-order valence-electron chi connectivity index (χ1n) is 14.7. The second-order valence-electron chi connectivity index (χ2n) is 12.1. The van der Waals surface area contributed by atoms with Gasteiger partial charge >= 0.3 is 0 Å². The van der Waals surface area contributed by atoms with Crippen LogP contribution in [0, 0.1) is 22.7 Å². The van der Waals surface area contributed by atoms with Gasteiger partial charge in [0, 0.05) is 64.3 Å². The highest BCUT2D eigenvalue weighted by molar-refractivity contribution is 6.04. The average Bonchev–Trinajstić information content (AvgIpc) is 3.81. The predicted molar refractivity (Wildman–Crippen MR) is 152 cm³/mol. The van der Waals surface area contributed by atoms with E-state index in [2.05, 4.69) is 16.7 Å². The second-order valence-corrected chi connectivity index (χ2v) is 12.1. The highest BCUT2D eigenvalue weighted by Gasteiger charge is 2.44. The maximum atomic E-state index is 14.0. The highest BCUT2D eigenvalue weighted by atomic mass is 16.5. The number of nitriles is 1. The van der Waals surface area contributed by atoms with Crippen LogP contribution in [0.25, 0.3) is 0 Å². The smallest absolute Gasteiger partial charge is 0.270 e. The van der Waals surface area contributed by atoms with Gasteiger partial charge in [-0.15, -0.1) is 0 Å². The molecule has 1 unspecified atom stereocenters. The first kappa shape index (κ1) is 29.3. The Morgan fingerprint density at radius 1 is 1.24 bits per heavy atom. The number of ether oxygens (including phenoxy) is 3. The SMILES string of the molecule is COCCCN1C(=O)C(C)(C)Oc2ccc(N(C(=O)[C@H]3CNCC(NC(=O)C4(C#N)CCOCC4)C3)C3CC3)cc21. The van der Waals surface area contributed by atoms with Gasteiger partial charge in [0.1, 0.15) is 11.2 Å². The number of carbonyl (C=O) groups excluding carboxylic acids is 3. The fraction of sp³-hybridized carbons (Fsp3) is 0.667. The molecule has 2 saturated heterocycles. The summed E-state index contributed by atoms with van der Waals surface area (Å²) in [7, 11) is 1.64. The van der Waals surface area contributed by atoms with Crippen LogP contribution >= 0.6 is 0 Å². The van der Waals surface area contributed by atoms with E-state index < -0.39 is 11.0 Å². The molecule has 1 aliphatic carbocycles. The van der Waals surface area contributed by atoms with Crippen LogP contribution < -0.4 is 25.2 Å². The van der Waals surface area contributed by atoms with Crippen molar-refractivity contribution in [3.05, 3.63) is 18.2 Å². The predicted octanol–water partition coefficient (Wildman–Crippen LogP) is 2.14. The van der Waals surface area contributed by atoms with Crippen molar-refractivity contribution in [3.63, 3.8) is 0 Å². The summed E-state index contributed by atoms with van der Waals surface area (Å²) in [4.78, 5) is 44.1. The number of carbonyl (C=O) groups is 3. The number of hydrogen-bond donors (Lipinski definition) is 2. The number of rotatable bonds is 9. The van der Waals surface area contributed by atoms with Crippen LogP contribution in [0.2, 0.25) is 0 Å². The Morgan fingerprint density at radius 2 is 2.00 bits per heavy atom. The van der Waals surface area contributed by atoms with Crippen LogP contribution in [0.4, 0.5) is 11.4 Å².